The Hall–Kier alpha value is -2.38. The minimum Gasteiger partial charge on any atom is -0.444 e. The molecule has 2 aromatic carbocycles. The van der Waals surface area contributed by atoms with Crippen LogP contribution in [0.15, 0.2) is 42.5 Å². The first-order chi connectivity index (χ1) is 19.0. The minimum atomic E-state index is -3.42. The average molecular weight is 607 g/mol. The zero-order chi connectivity index (χ0) is 30.8. The number of rotatable bonds is 9. The summed E-state index contributed by atoms with van der Waals surface area (Å²) < 4.78 is 30.4. The van der Waals surface area contributed by atoms with Crippen LogP contribution in [0, 0.1) is 5.41 Å². The molecule has 2 unspecified atom stereocenters. The number of benzene rings is 2. The maximum absolute atomic E-state index is 13.7. The molecule has 41 heavy (non-hydrogen) atoms. The normalized spacial score (nSPS) is 18.2. The lowest BCUT2D eigenvalue weighted by molar-refractivity contribution is -0.129. The van der Waals surface area contributed by atoms with Gasteiger partial charge in [-0.25, -0.2) is 4.79 Å². The van der Waals surface area contributed by atoms with Crippen LogP contribution >= 0.6 is 19.2 Å². The van der Waals surface area contributed by atoms with Gasteiger partial charge >= 0.3 is 13.7 Å². The summed E-state index contributed by atoms with van der Waals surface area (Å²) in [5.41, 5.74) is 1.95. The molecular formula is C31H44ClN2O6P. The number of ether oxygens (including phenoxy) is 1. The summed E-state index contributed by atoms with van der Waals surface area (Å²) >= 11 is 6.57. The van der Waals surface area contributed by atoms with Crippen molar-refractivity contribution in [3.63, 3.8) is 0 Å². The van der Waals surface area contributed by atoms with Gasteiger partial charge in [0.25, 0.3) is 0 Å². The van der Waals surface area contributed by atoms with Gasteiger partial charge in [0.15, 0.2) is 0 Å². The third-order valence-electron chi connectivity index (χ3n) is 6.67. The van der Waals surface area contributed by atoms with E-state index in [1.165, 1.54) is 0 Å². The number of carbonyl (C=O) groups is 2. The summed E-state index contributed by atoms with van der Waals surface area (Å²) in [7, 11) is -1.69. The summed E-state index contributed by atoms with van der Waals surface area (Å²) in [5.74, 6) is -0.171. The molecule has 0 aliphatic carbocycles. The molecule has 2 amide bonds. The molecule has 226 valence electrons. The predicted octanol–water partition coefficient (Wildman–Crippen LogP) is 7.77. The van der Waals surface area contributed by atoms with Crippen molar-refractivity contribution in [1.29, 1.82) is 0 Å². The van der Waals surface area contributed by atoms with Crippen LogP contribution < -0.4 is 0 Å². The van der Waals surface area contributed by atoms with Crippen molar-refractivity contribution < 1.29 is 27.9 Å². The molecule has 1 aliphatic rings. The van der Waals surface area contributed by atoms with E-state index in [0.29, 0.717) is 5.02 Å². The van der Waals surface area contributed by atoms with Crippen molar-refractivity contribution in [1.82, 2.24) is 9.80 Å². The summed E-state index contributed by atoms with van der Waals surface area (Å²) in [5, 5.41) is 0.563. The van der Waals surface area contributed by atoms with Gasteiger partial charge in [-0.1, -0.05) is 68.8 Å². The molecule has 2 atom stereocenters. The third kappa shape index (κ3) is 8.13. The Labute approximate surface area is 249 Å². The quantitative estimate of drug-likeness (QED) is 0.271. The lowest BCUT2D eigenvalue weighted by atomic mass is 9.91. The second-order valence-corrected chi connectivity index (χ2v) is 14.9. The largest absolute Gasteiger partial charge is 0.444 e. The number of hydrogen-bond acceptors (Lipinski definition) is 6. The maximum atomic E-state index is 13.7. The van der Waals surface area contributed by atoms with E-state index in [9.17, 15) is 14.2 Å². The molecule has 10 heteroatoms. The molecule has 2 aromatic rings. The Balaban J connectivity index is 2.13. The molecule has 1 aliphatic heterocycles. The Morgan fingerprint density at radius 3 is 2.10 bits per heavy atom. The summed E-state index contributed by atoms with van der Waals surface area (Å²) in [6.07, 6.45) is -0.760. The number of likely N-dealkylation sites (N-methyl/N-ethyl adjacent to an activating group) is 1. The monoisotopic (exact) mass is 606 g/mol. The van der Waals surface area contributed by atoms with Gasteiger partial charge < -0.3 is 18.7 Å². The van der Waals surface area contributed by atoms with Gasteiger partial charge in [-0.2, -0.15) is 0 Å². The van der Waals surface area contributed by atoms with Gasteiger partial charge in [-0.15, -0.1) is 0 Å². The molecular weight excluding hydrogens is 563 g/mol. The SMILES string of the molecule is CCOP(=O)(Cc1cc(CC2C(=O)N(C)C(C(C)(C)C)N2C(=O)OC(C)(C)C)cc(-c2ccccc2Cl)c1)OCC. The van der Waals surface area contributed by atoms with E-state index in [2.05, 4.69) is 0 Å². The summed E-state index contributed by atoms with van der Waals surface area (Å²) in [6.45, 7) is 15.5. The number of halogens is 1. The predicted molar refractivity (Wildman–Crippen MR) is 163 cm³/mol. The van der Waals surface area contributed by atoms with Gasteiger partial charge in [0.05, 0.1) is 19.4 Å². The molecule has 1 heterocycles. The lowest BCUT2D eigenvalue weighted by Gasteiger charge is -2.39. The van der Waals surface area contributed by atoms with E-state index in [4.69, 9.17) is 25.4 Å². The highest BCUT2D eigenvalue weighted by Gasteiger charge is 2.52. The van der Waals surface area contributed by atoms with E-state index < -0.39 is 36.9 Å². The molecule has 1 saturated heterocycles. The molecule has 1 fully saturated rings. The molecule has 0 N–H and O–H groups in total. The van der Waals surface area contributed by atoms with Crippen LogP contribution in [0.5, 0.6) is 0 Å². The molecule has 0 bridgehead atoms. The summed E-state index contributed by atoms with van der Waals surface area (Å²) in [6, 6.07) is 12.5. The van der Waals surface area contributed by atoms with Crippen LogP contribution in [0.3, 0.4) is 0 Å². The molecule has 0 radical (unpaired) electrons. The van der Waals surface area contributed by atoms with Gasteiger partial charge in [-0.05, 0) is 57.4 Å². The van der Waals surface area contributed by atoms with Crippen LogP contribution in [0.2, 0.25) is 5.02 Å². The van der Waals surface area contributed by atoms with Crippen LogP contribution in [0.4, 0.5) is 4.79 Å². The van der Waals surface area contributed by atoms with Gasteiger partial charge in [0.2, 0.25) is 5.91 Å². The van der Waals surface area contributed by atoms with Crippen LogP contribution in [-0.4, -0.2) is 59.9 Å². The highest BCUT2D eigenvalue weighted by atomic mass is 35.5. The molecule has 8 nitrogen and oxygen atoms in total. The van der Waals surface area contributed by atoms with Gasteiger partial charge in [-0.3, -0.25) is 14.3 Å². The van der Waals surface area contributed by atoms with Crippen LogP contribution in [-0.2, 0) is 35.7 Å². The molecule has 0 aromatic heterocycles. The lowest BCUT2D eigenvalue weighted by Crippen LogP contribution is -2.52. The second kappa shape index (κ2) is 12.9. The minimum absolute atomic E-state index is 0.0544. The molecule has 0 saturated carbocycles. The first kappa shape index (κ1) is 33.1. The van der Waals surface area contributed by atoms with Crippen molar-refractivity contribution in [2.45, 2.75) is 85.8 Å². The zero-order valence-corrected chi connectivity index (χ0v) is 27.3. The first-order valence-electron chi connectivity index (χ1n) is 14.0. The Kier molecular flexibility index (Phi) is 10.4. The Morgan fingerprint density at radius 2 is 1.56 bits per heavy atom. The standard InChI is InChI=1S/C31H44ClN2O6P/c1-10-38-41(37,39-11-2)20-22-16-21(17-23(18-22)24-14-12-13-15-25(24)32)19-26-27(35)33(9)28(30(3,4)5)34(26)29(36)40-31(6,7)8/h12-18,26,28H,10-11,19-20H2,1-9H3. The van der Waals surface area contributed by atoms with Crippen LogP contribution in [0.1, 0.15) is 66.5 Å². The first-order valence-corrected chi connectivity index (χ1v) is 16.1. The highest BCUT2D eigenvalue weighted by molar-refractivity contribution is 7.53. The number of amides is 2. The Morgan fingerprint density at radius 1 is 0.976 bits per heavy atom. The fraction of sp³-hybridized carbons (Fsp3) is 0.548. The van der Waals surface area contributed by atoms with Crippen molar-refractivity contribution >= 4 is 31.2 Å². The van der Waals surface area contributed by atoms with E-state index in [1.807, 2.05) is 84.0 Å². The van der Waals surface area contributed by atoms with E-state index in [1.54, 1.807) is 30.7 Å². The second-order valence-electron chi connectivity index (χ2n) is 12.4. The van der Waals surface area contributed by atoms with E-state index in [0.717, 1.165) is 22.3 Å². The van der Waals surface area contributed by atoms with Crippen LogP contribution in [0.25, 0.3) is 11.1 Å². The molecule has 3 rings (SSSR count). The third-order valence-corrected chi connectivity index (χ3v) is 9.06. The fourth-order valence-electron chi connectivity index (χ4n) is 5.35. The zero-order valence-electron chi connectivity index (χ0n) is 25.7. The van der Waals surface area contributed by atoms with Crippen molar-refractivity contribution in [3.8, 4) is 11.1 Å². The average Bonchev–Trinajstić information content (AvgIpc) is 3.08. The van der Waals surface area contributed by atoms with E-state index in [-0.39, 0.29) is 31.7 Å². The van der Waals surface area contributed by atoms with E-state index >= 15 is 0 Å². The topological polar surface area (TPSA) is 85.4 Å². The Bertz CT molecular complexity index is 1290. The van der Waals surface area contributed by atoms with Crippen molar-refractivity contribution in [2.24, 2.45) is 5.41 Å². The number of carbonyl (C=O) groups excluding carboxylic acids is 2. The van der Waals surface area contributed by atoms with Crippen molar-refractivity contribution in [2.75, 3.05) is 20.3 Å². The fourth-order valence-corrected chi connectivity index (χ4v) is 7.27. The summed E-state index contributed by atoms with van der Waals surface area (Å²) in [4.78, 5) is 30.5. The van der Waals surface area contributed by atoms with Gasteiger partial charge in [0.1, 0.15) is 17.8 Å². The van der Waals surface area contributed by atoms with Gasteiger partial charge in [0, 0.05) is 29.5 Å². The number of hydrogen-bond donors (Lipinski definition) is 0. The van der Waals surface area contributed by atoms with Crippen molar-refractivity contribution in [3.05, 3.63) is 58.6 Å². The maximum Gasteiger partial charge on any atom is 0.412 e. The number of nitrogens with zero attached hydrogens (tertiary/aromatic N) is 2. The highest BCUT2D eigenvalue weighted by Crippen LogP contribution is 2.51. The molecule has 0 spiro atoms. The smallest absolute Gasteiger partial charge is 0.412 e.